The van der Waals surface area contributed by atoms with Crippen LogP contribution in [-0.2, 0) is 6.42 Å². The molecule has 58 valence electrons. The second kappa shape index (κ2) is 3.54. The number of phenolic OH excluding ortho intramolecular Hbond substituents is 1. The fraction of sp³-hybridized carbons (Fsp3) is 0.222. The van der Waals surface area contributed by atoms with E-state index < -0.39 is 0 Å². The molecule has 0 heterocycles. The van der Waals surface area contributed by atoms with Crippen LogP contribution in [0.4, 0.5) is 0 Å². The molecule has 0 aliphatic carbocycles. The summed E-state index contributed by atoms with van der Waals surface area (Å²) in [5.41, 5.74) is 0.999. The molecule has 0 aliphatic rings. The molecule has 0 radical (unpaired) electrons. The van der Waals surface area contributed by atoms with Gasteiger partial charge in [-0.1, -0.05) is 33.6 Å². The Morgan fingerprint density at radius 1 is 1.55 bits per heavy atom. The van der Waals surface area contributed by atoms with Crippen molar-refractivity contribution in [3.05, 3.63) is 23.8 Å². The molecule has 0 unspecified atom stereocenters. The highest BCUT2D eigenvalue weighted by Gasteiger charge is 2.01. The lowest BCUT2D eigenvalue weighted by Gasteiger charge is -2.02. The first kappa shape index (κ1) is 8.29. The van der Waals surface area contributed by atoms with Crippen LogP contribution >= 0.6 is 8.20 Å². The molecule has 0 fully saturated rings. The Hall–Kier alpha value is -0.810. The minimum absolute atomic E-state index is 0.409. The van der Waals surface area contributed by atoms with Gasteiger partial charge in [0.05, 0.1) is 0 Å². The second-order valence-electron chi connectivity index (χ2n) is 2.30. The molecule has 1 N–H and O–H groups in total. The fourth-order valence-electron chi connectivity index (χ4n) is 0.991. The predicted molar refractivity (Wildman–Crippen MR) is 51.2 cm³/mol. The van der Waals surface area contributed by atoms with Crippen molar-refractivity contribution in [1.82, 2.24) is 0 Å². The zero-order valence-electron chi connectivity index (χ0n) is 6.54. The van der Waals surface area contributed by atoms with Crippen LogP contribution < -0.4 is 5.30 Å². The third-order valence-electron chi connectivity index (χ3n) is 1.65. The Morgan fingerprint density at radius 2 is 2.27 bits per heavy atom. The molecule has 1 nitrogen and oxygen atoms in total. The SMILES string of the molecule is C=Pc1cccc(CC)c1O. The number of phenols is 1. The number of para-hydroxylation sites is 1. The van der Waals surface area contributed by atoms with E-state index in [1.54, 1.807) is 0 Å². The standard InChI is InChI=1S/C9H11OP/c1-3-7-5-4-6-8(11-2)9(7)10/h4-6,10H,2-3H2,1H3. The van der Waals surface area contributed by atoms with Crippen molar-refractivity contribution in [2.45, 2.75) is 13.3 Å². The molecule has 0 amide bonds. The van der Waals surface area contributed by atoms with Gasteiger partial charge in [0.25, 0.3) is 0 Å². The zero-order valence-corrected chi connectivity index (χ0v) is 7.44. The average molecular weight is 166 g/mol. The van der Waals surface area contributed by atoms with Crippen LogP contribution in [0.15, 0.2) is 18.2 Å². The van der Waals surface area contributed by atoms with E-state index in [0.29, 0.717) is 5.75 Å². The summed E-state index contributed by atoms with van der Waals surface area (Å²) in [4.78, 5) is 0. The van der Waals surface area contributed by atoms with Crippen molar-refractivity contribution < 1.29 is 5.11 Å². The summed E-state index contributed by atoms with van der Waals surface area (Å²) in [5.74, 6) is 0.409. The van der Waals surface area contributed by atoms with Gasteiger partial charge in [0, 0.05) is 5.30 Å². The largest absolute Gasteiger partial charge is 0.507 e. The van der Waals surface area contributed by atoms with Crippen LogP contribution in [0.3, 0.4) is 0 Å². The van der Waals surface area contributed by atoms with E-state index in [-0.39, 0.29) is 0 Å². The molecule has 1 rings (SSSR count). The van der Waals surface area contributed by atoms with Crippen molar-refractivity contribution in [2.75, 3.05) is 0 Å². The van der Waals surface area contributed by atoms with Gasteiger partial charge in [-0.25, -0.2) is 0 Å². The monoisotopic (exact) mass is 166 g/mol. The fourth-order valence-corrected chi connectivity index (χ4v) is 1.48. The summed E-state index contributed by atoms with van der Waals surface area (Å²) in [6.07, 6.45) is 4.57. The van der Waals surface area contributed by atoms with Gasteiger partial charge < -0.3 is 5.11 Å². The van der Waals surface area contributed by atoms with Crippen LogP contribution in [0.2, 0.25) is 0 Å². The van der Waals surface area contributed by atoms with Gasteiger partial charge in [0.2, 0.25) is 0 Å². The smallest absolute Gasteiger partial charge is 0.130 e. The van der Waals surface area contributed by atoms with E-state index in [1.165, 1.54) is 0 Å². The average Bonchev–Trinajstić information content (AvgIpc) is 2.05. The van der Waals surface area contributed by atoms with Gasteiger partial charge >= 0.3 is 0 Å². The van der Waals surface area contributed by atoms with Crippen LogP contribution in [0, 0.1) is 0 Å². The molecular weight excluding hydrogens is 155 g/mol. The highest BCUT2D eigenvalue weighted by atomic mass is 31.1. The minimum Gasteiger partial charge on any atom is -0.507 e. The van der Waals surface area contributed by atoms with Crippen molar-refractivity contribution >= 4 is 19.8 Å². The topological polar surface area (TPSA) is 20.2 Å². The molecule has 0 spiro atoms. The van der Waals surface area contributed by atoms with E-state index in [0.717, 1.165) is 25.5 Å². The third-order valence-corrected chi connectivity index (χ3v) is 2.35. The van der Waals surface area contributed by atoms with E-state index in [1.807, 2.05) is 25.1 Å². The predicted octanol–water partition coefficient (Wildman–Crippen LogP) is 1.96. The Morgan fingerprint density at radius 3 is 2.82 bits per heavy atom. The van der Waals surface area contributed by atoms with E-state index in [4.69, 9.17) is 0 Å². The highest BCUT2D eigenvalue weighted by molar-refractivity contribution is 7.45. The summed E-state index contributed by atoms with van der Waals surface area (Å²) in [5, 5.41) is 10.4. The molecule has 0 aliphatic heterocycles. The first-order valence-corrected chi connectivity index (χ1v) is 4.65. The number of aromatic hydroxyl groups is 1. The Balaban J connectivity index is 3.20. The maximum atomic E-state index is 9.54. The molecule has 0 bridgehead atoms. The van der Waals surface area contributed by atoms with Gasteiger partial charge in [-0.05, 0) is 18.1 Å². The number of hydrogen-bond acceptors (Lipinski definition) is 1. The lowest BCUT2D eigenvalue weighted by atomic mass is 10.1. The minimum atomic E-state index is 0.409. The quantitative estimate of drug-likeness (QED) is 0.666. The van der Waals surface area contributed by atoms with Crippen molar-refractivity contribution in [3.63, 3.8) is 0 Å². The number of benzene rings is 1. The van der Waals surface area contributed by atoms with E-state index >= 15 is 0 Å². The molecule has 2 heteroatoms. The van der Waals surface area contributed by atoms with Crippen molar-refractivity contribution in [1.29, 1.82) is 0 Å². The summed E-state index contributed by atoms with van der Waals surface area (Å²) >= 11 is 0. The van der Waals surface area contributed by atoms with Gasteiger partial charge in [0.15, 0.2) is 0 Å². The zero-order chi connectivity index (χ0) is 8.27. The summed E-state index contributed by atoms with van der Waals surface area (Å²) < 4.78 is 0. The number of aryl methyl sites for hydroxylation is 1. The van der Waals surface area contributed by atoms with Crippen LogP contribution in [0.25, 0.3) is 0 Å². The van der Waals surface area contributed by atoms with E-state index in [2.05, 4.69) is 6.30 Å². The Labute approximate surface area is 68.5 Å². The van der Waals surface area contributed by atoms with Crippen molar-refractivity contribution in [3.8, 4) is 5.75 Å². The van der Waals surface area contributed by atoms with Crippen LogP contribution in [0.1, 0.15) is 12.5 Å². The molecule has 1 aromatic carbocycles. The van der Waals surface area contributed by atoms with Gasteiger partial charge in [-0.15, -0.1) is 0 Å². The number of rotatable bonds is 2. The van der Waals surface area contributed by atoms with Crippen LogP contribution in [0.5, 0.6) is 5.75 Å². The Bertz CT molecular complexity index is 268. The highest BCUT2D eigenvalue weighted by Crippen LogP contribution is 2.17. The van der Waals surface area contributed by atoms with E-state index in [9.17, 15) is 5.11 Å². The maximum absolute atomic E-state index is 9.54. The summed E-state index contributed by atoms with van der Waals surface area (Å²) in [6.45, 7) is 2.03. The summed E-state index contributed by atoms with van der Waals surface area (Å²) in [6, 6.07) is 5.78. The number of hydrogen-bond donors (Lipinski definition) is 1. The lowest BCUT2D eigenvalue weighted by Crippen LogP contribution is -1.95. The first-order valence-electron chi connectivity index (χ1n) is 3.57. The molecule has 0 atom stereocenters. The molecule has 11 heavy (non-hydrogen) atoms. The van der Waals surface area contributed by atoms with Crippen molar-refractivity contribution in [2.24, 2.45) is 0 Å². The van der Waals surface area contributed by atoms with Gasteiger partial charge in [-0.2, -0.15) is 0 Å². The maximum Gasteiger partial charge on any atom is 0.130 e. The molecule has 0 aromatic heterocycles. The molecule has 0 saturated heterocycles. The first-order chi connectivity index (χ1) is 5.29. The Kier molecular flexibility index (Phi) is 2.67. The molecular formula is C9H11OP. The third kappa shape index (κ3) is 1.61. The second-order valence-corrected chi connectivity index (χ2v) is 3.09. The lowest BCUT2D eigenvalue weighted by molar-refractivity contribution is 0.473. The summed E-state index contributed by atoms with van der Waals surface area (Å²) in [7, 11) is 0.877. The molecule has 0 saturated carbocycles. The van der Waals surface area contributed by atoms with Gasteiger partial charge in [0.1, 0.15) is 5.75 Å². The van der Waals surface area contributed by atoms with Gasteiger partial charge in [-0.3, -0.25) is 0 Å². The molecule has 1 aromatic rings. The van der Waals surface area contributed by atoms with Crippen LogP contribution in [-0.4, -0.2) is 11.4 Å². The normalized spacial score (nSPS) is 10.3.